The highest BCUT2D eigenvalue weighted by Crippen LogP contribution is 2.27. The van der Waals surface area contributed by atoms with Crippen LogP contribution >= 0.6 is 0 Å². The fraction of sp³-hybridized carbons (Fsp3) is 0.636. The molecule has 3 rings (SSSR count). The predicted molar refractivity (Wildman–Crippen MR) is 109 cm³/mol. The third-order valence-electron chi connectivity index (χ3n) is 6.26. The van der Waals surface area contributed by atoms with Crippen LogP contribution in [0, 0.1) is 32.6 Å². The van der Waals surface area contributed by atoms with Crippen LogP contribution in [0.3, 0.4) is 0 Å². The Morgan fingerprint density at radius 2 is 1.57 bits per heavy atom. The maximum Gasteiger partial charge on any atom is 0.307 e. The minimum atomic E-state index is -0.793. The summed E-state index contributed by atoms with van der Waals surface area (Å²) in [5.74, 6) is -1.38. The SMILES string of the molecule is Cc1cc(C)c(CN2C[C@@H](C(=O)O)C[C@H](C(=O)N3CCN(C)CC3)C2)c(C)c1. The van der Waals surface area contributed by atoms with Crippen LogP contribution in [-0.4, -0.2) is 78.0 Å². The van der Waals surface area contributed by atoms with Gasteiger partial charge in [-0.25, -0.2) is 0 Å². The lowest BCUT2D eigenvalue weighted by Gasteiger charge is -2.40. The van der Waals surface area contributed by atoms with Crippen LogP contribution < -0.4 is 0 Å². The van der Waals surface area contributed by atoms with Gasteiger partial charge in [-0.2, -0.15) is 0 Å². The molecular weight excluding hydrogens is 354 g/mol. The molecule has 2 aliphatic heterocycles. The Labute approximate surface area is 168 Å². The molecule has 0 aromatic heterocycles. The Morgan fingerprint density at radius 3 is 2.14 bits per heavy atom. The van der Waals surface area contributed by atoms with Crippen LogP contribution in [0.2, 0.25) is 0 Å². The van der Waals surface area contributed by atoms with Crippen LogP contribution in [0.25, 0.3) is 0 Å². The van der Waals surface area contributed by atoms with Crippen LogP contribution in [0.4, 0.5) is 0 Å². The number of carbonyl (C=O) groups is 2. The molecule has 1 aromatic carbocycles. The van der Waals surface area contributed by atoms with Crippen molar-refractivity contribution in [3.8, 4) is 0 Å². The summed E-state index contributed by atoms with van der Waals surface area (Å²) in [7, 11) is 2.07. The molecule has 28 heavy (non-hydrogen) atoms. The number of carboxylic acid groups (broad SMARTS) is 1. The number of hydrogen-bond donors (Lipinski definition) is 1. The second-order valence-electron chi connectivity index (χ2n) is 8.67. The normalized spacial score (nSPS) is 24.4. The van der Waals surface area contributed by atoms with Gasteiger partial charge in [-0.15, -0.1) is 0 Å². The Morgan fingerprint density at radius 1 is 1.00 bits per heavy atom. The van der Waals surface area contributed by atoms with Crippen molar-refractivity contribution in [2.45, 2.75) is 33.7 Å². The second kappa shape index (κ2) is 8.62. The van der Waals surface area contributed by atoms with E-state index in [1.54, 1.807) is 0 Å². The molecule has 2 saturated heterocycles. The molecule has 2 aliphatic rings. The van der Waals surface area contributed by atoms with E-state index < -0.39 is 11.9 Å². The highest BCUT2D eigenvalue weighted by atomic mass is 16.4. The van der Waals surface area contributed by atoms with E-state index in [0.717, 1.165) is 26.2 Å². The quantitative estimate of drug-likeness (QED) is 0.855. The number of amides is 1. The smallest absolute Gasteiger partial charge is 0.307 e. The number of aliphatic carboxylic acids is 1. The number of nitrogens with zero attached hydrogens (tertiary/aromatic N) is 3. The maximum absolute atomic E-state index is 13.1. The maximum atomic E-state index is 13.1. The lowest BCUT2D eigenvalue weighted by molar-refractivity contribution is -0.148. The van der Waals surface area contributed by atoms with Gasteiger partial charge in [0.2, 0.25) is 5.91 Å². The van der Waals surface area contributed by atoms with E-state index in [-0.39, 0.29) is 11.8 Å². The van der Waals surface area contributed by atoms with Gasteiger partial charge < -0.3 is 14.9 Å². The molecule has 0 radical (unpaired) electrons. The van der Waals surface area contributed by atoms with Crippen molar-refractivity contribution in [1.82, 2.24) is 14.7 Å². The van der Waals surface area contributed by atoms with E-state index in [0.29, 0.717) is 26.1 Å². The van der Waals surface area contributed by atoms with Crippen LogP contribution in [-0.2, 0) is 16.1 Å². The molecule has 0 bridgehead atoms. The zero-order valence-electron chi connectivity index (χ0n) is 17.6. The third kappa shape index (κ3) is 4.73. The Hall–Kier alpha value is -1.92. The van der Waals surface area contributed by atoms with Gasteiger partial charge in [-0.05, 0) is 50.9 Å². The van der Waals surface area contributed by atoms with Crippen molar-refractivity contribution in [3.63, 3.8) is 0 Å². The Kier molecular flexibility index (Phi) is 6.40. The van der Waals surface area contributed by atoms with Gasteiger partial charge >= 0.3 is 5.97 Å². The molecule has 1 aromatic rings. The number of likely N-dealkylation sites (tertiary alicyclic amines) is 1. The van der Waals surface area contributed by atoms with Gasteiger partial charge in [0.25, 0.3) is 0 Å². The van der Waals surface area contributed by atoms with E-state index in [1.807, 2.05) is 4.90 Å². The summed E-state index contributed by atoms with van der Waals surface area (Å²) < 4.78 is 0. The van der Waals surface area contributed by atoms with Crippen molar-refractivity contribution in [2.24, 2.45) is 11.8 Å². The fourth-order valence-corrected chi connectivity index (χ4v) is 4.65. The molecule has 0 spiro atoms. The number of rotatable bonds is 4. The van der Waals surface area contributed by atoms with Crippen molar-refractivity contribution >= 4 is 11.9 Å². The van der Waals surface area contributed by atoms with Gasteiger partial charge in [0, 0.05) is 45.8 Å². The number of carbonyl (C=O) groups excluding carboxylic acids is 1. The van der Waals surface area contributed by atoms with E-state index in [2.05, 4.69) is 49.8 Å². The molecule has 1 N–H and O–H groups in total. The summed E-state index contributed by atoms with van der Waals surface area (Å²) in [5.41, 5.74) is 4.96. The second-order valence-corrected chi connectivity index (χ2v) is 8.67. The molecule has 0 saturated carbocycles. The summed E-state index contributed by atoms with van der Waals surface area (Å²) in [5, 5.41) is 9.65. The van der Waals surface area contributed by atoms with Crippen molar-refractivity contribution in [2.75, 3.05) is 46.3 Å². The molecule has 2 fully saturated rings. The van der Waals surface area contributed by atoms with Crippen molar-refractivity contribution in [1.29, 1.82) is 0 Å². The monoisotopic (exact) mass is 387 g/mol. The van der Waals surface area contributed by atoms with Crippen molar-refractivity contribution in [3.05, 3.63) is 34.4 Å². The van der Waals surface area contributed by atoms with E-state index in [4.69, 9.17) is 0 Å². The van der Waals surface area contributed by atoms with Crippen LogP contribution in [0.15, 0.2) is 12.1 Å². The predicted octanol–water partition coefficient (Wildman–Crippen LogP) is 1.91. The van der Waals surface area contributed by atoms with Gasteiger partial charge in [-0.3, -0.25) is 14.5 Å². The molecule has 1 amide bonds. The van der Waals surface area contributed by atoms with Gasteiger partial charge in [0.05, 0.1) is 11.8 Å². The first-order chi connectivity index (χ1) is 13.2. The van der Waals surface area contributed by atoms with Crippen molar-refractivity contribution < 1.29 is 14.7 Å². The van der Waals surface area contributed by atoms with Crippen LogP contribution in [0.1, 0.15) is 28.7 Å². The van der Waals surface area contributed by atoms with Gasteiger partial charge in [0.15, 0.2) is 0 Å². The lowest BCUT2D eigenvalue weighted by atomic mass is 9.87. The number of aryl methyl sites for hydroxylation is 3. The van der Waals surface area contributed by atoms with Crippen LogP contribution in [0.5, 0.6) is 0 Å². The number of piperazine rings is 1. The van der Waals surface area contributed by atoms with Gasteiger partial charge in [-0.1, -0.05) is 17.7 Å². The zero-order chi connectivity index (χ0) is 20.4. The van der Waals surface area contributed by atoms with E-state index in [1.165, 1.54) is 22.3 Å². The number of piperidine rings is 1. The zero-order valence-corrected chi connectivity index (χ0v) is 17.6. The topological polar surface area (TPSA) is 64.1 Å². The minimum Gasteiger partial charge on any atom is -0.481 e. The first kappa shape index (κ1) is 20.8. The van der Waals surface area contributed by atoms with E-state index in [9.17, 15) is 14.7 Å². The molecular formula is C22H33N3O3. The number of carboxylic acids is 1. The molecule has 0 aliphatic carbocycles. The summed E-state index contributed by atoms with van der Waals surface area (Å²) in [6.45, 7) is 11.4. The largest absolute Gasteiger partial charge is 0.481 e. The molecule has 0 unspecified atom stereocenters. The minimum absolute atomic E-state index is 0.126. The standard InChI is InChI=1S/C22H33N3O3/c1-15-9-16(2)20(17(3)10-15)14-24-12-18(11-19(13-24)22(27)28)21(26)25-7-5-23(4)6-8-25/h9-10,18-19H,5-8,11-14H2,1-4H3,(H,27,28)/t18-,19-/m0/s1. The highest BCUT2D eigenvalue weighted by molar-refractivity contribution is 5.80. The molecule has 154 valence electrons. The first-order valence-corrected chi connectivity index (χ1v) is 10.2. The fourth-order valence-electron chi connectivity index (χ4n) is 4.65. The first-order valence-electron chi connectivity index (χ1n) is 10.2. The lowest BCUT2D eigenvalue weighted by Crippen LogP contribution is -2.53. The van der Waals surface area contributed by atoms with E-state index >= 15 is 0 Å². The summed E-state index contributed by atoms with van der Waals surface area (Å²) in [4.78, 5) is 31.2. The summed E-state index contributed by atoms with van der Waals surface area (Å²) in [6.07, 6.45) is 0.447. The third-order valence-corrected chi connectivity index (χ3v) is 6.26. The highest BCUT2D eigenvalue weighted by Gasteiger charge is 2.37. The molecule has 6 heteroatoms. The number of likely N-dealkylation sites (N-methyl/N-ethyl adjacent to an activating group) is 1. The average molecular weight is 388 g/mol. The Bertz CT molecular complexity index is 718. The summed E-state index contributed by atoms with van der Waals surface area (Å²) in [6, 6.07) is 4.35. The number of hydrogen-bond acceptors (Lipinski definition) is 4. The Balaban J connectivity index is 1.75. The molecule has 2 atom stereocenters. The summed E-state index contributed by atoms with van der Waals surface area (Å²) >= 11 is 0. The van der Waals surface area contributed by atoms with Gasteiger partial charge in [0.1, 0.15) is 0 Å². The molecule has 2 heterocycles. The average Bonchev–Trinajstić information content (AvgIpc) is 2.64. The number of benzene rings is 1. The molecule has 6 nitrogen and oxygen atoms in total.